The third-order valence-electron chi connectivity index (χ3n) is 1.74. The van der Waals surface area contributed by atoms with Crippen LogP contribution in [0, 0.1) is 13.8 Å². The molecule has 1 aromatic rings. The van der Waals surface area contributed by atoms with Crippen molar-refractivity contribution in [2.45, 2.75) is 40.2 Å². The van der Waals surface area contributed by atoms with E-state index in [0.29, 0.717) is 5.56 Å². The van der Waals surface area contributed by atoms with E-state index in [2.05, 4.69) is 5.48 Å². The van der Waals surface area contributed by atoms with Gasteiger partial charge in [-0.25, -0.2) is 5.48 Å². The zero-order chi connectivity index (χ0) is 11.6. The molecule has 0 spiro atoms. The lowest BCUT2D eigenvalue weighted by atomic mass is 10.2. The molecular formula is C11H17NO2S. The van der Waals surface area contributed by atoms with Gasteiger partial charge in [-0.2, -0.15) is 0 Å². The van der Waals surface area contributed by atoms with Crippen LogP contribution in [0.2, 0.25) is 0 Å². The van der Waals surface area contributed by atoms with Gasteiger partial charge in [-0.05, 0) is 40.7 Å². The molecule has 1 aromatic heterocycles. The molecule has 1 N–H and O–H groups in total. The highest BCUT2D eigenvalue weighted by Gasteiger charge is 2.16. The first-order chi connectivity index (χ1) is 6.79. The molecular weight excluding hydrogens is 210 g/mol. The van der Waals surface area contributed by atoms with Gasteiger partial charge in [0.15, 0.2) is 0 Å². The van der Waals surface area contributed by atoms with E-state index >= 15 is 0 Å². The summed E-state index contributed by atoms with van der Waals surface area (Å²) in [5.74, 6) is -0.174. The maximum Gasteiger partial charge on any atom is 0.275 e. The lowest BCUT2D eigenvalue weighted by Crippen LogP contribution is -2.33. The molecule has 0 aliphatic rings. The number of hydrogen-bond donors (Lipinski definition) is 1. The third kappa shape index (κ3) is 3.64. The molecule has 1 amide bonds. The lowest BCUT2D eigenvalue weighted by molar-refractivity contribution is -0.0589. The topological polar surface area (TPSA) is 38.3 Å². The summed E-state index contributed by atoms with van der Waals surface area (Å²) in [6.45, 7) is 9.58. The summed E-state index contributed by atoms with van der Waals surface area (Å²) in [7, 11) is 0. The molecule has 15 heavy (non-hydrogen) atoms. The van der Waals surface area contributed by atoms with Crippen molar-refractivity contribution >= 4 is 17.2 Å². The molecule has 0 aliphatic heterocycles. The fourth-order valence-corrected chi connectivity index (χ4v) is 2.03. The summed E-state index contributed by atoms with van der Waals surface area (Å²) in [5.41, 5.74) is 2.79. The first kappa shape index (κ1) is 12.2. The average Bonchev–Trinajstić information content (AvgIpc) is 2.40. The maximum atomic E-state index is 11.7. The molecule has 0 bridgehead atoms. The van der Waals surface area contributed by atoms with Gasteiger partial charge in [-0.15, -0.1) is 11.3 Å². The summed E-state index contributed by atoms with van der Waals surface area (Å²) in [4.78, 5) is 19.1. The molecule has 1 heterocycles. The number of aryl methyl sites for hydroxylation is 2. The molecule has 0 saturated carbocycles. The van der Waals surface area contributed by atoms with Crippen molar-refractivity contribution in [1.29, 1.82) is 0 Å². The smallest absolute Gasteiger partial charge is 0.268 e. The predicted molar refractivity (Wildman–Crippen MR) is 62.1 cm³/mol. The van der Waals surface area contributed by atoms with Gasteiger partial charge in [0.05, 0.1) is 11.2 Å². The predicted octanol–water partition coefficient (Wildman–Crippen LogP) is 2.82. The van der Waals surface area contributed by atoms with E-state index in [9.17, 15) is 4.79 Å². The van der Waals surface area contributed by atoms with Crippen molar-refractivity contribution in [3.05, 3.63) is 21.4 Å². The Morgan fingerprint density at radius 2 is 2.00 bits per heavy atom. The van der Waals surface area contributed by atoms with Crippen molar-refractivity contribution in [2.75, 3.05) is 0 Å². The third-order valence-corrected chi connectivity index (χ3v) is 2.70. The highest BCUT2D eigenvalue weighted by molar-refractivity contribution is 7.12. The summed E-state index contributed by atoms with van der Waals surface area (Å²) < 4.78 is 0. The summed E-state index contributed by atoms with van der Waals surface area (Å²) in [6.07, 6.45) is 0. The van der Waals surface area contributed by atoms with Gasteiger partial charge in [0.25, 0.3) is 5.91 Å². The molecule has 0 aliphatic carbocycles. The van der Waals surface area contributed by atoms with Gasteiger partial charge in [0.2, 0.25) is 0 Å². The van der Waals surface area contributed by atoms with E-state index in [1.165, 1.54) is 0 Å². The van der Waals surface area contributed by atoms with Crippen LogP contribution in [-0.4, -0.2) is 11.5 Å². The standard InChI is InChI=1S/C11H17NO2S/c1-7-6-9(8(2)15-7)10(13)12-14-11(3,4)5/h6H,1-5H3,(H,12,13). The molecule has 0 radical (unpaired) electrons. The zero-order valence-electron chi connectivity index (χ0n) is 9.80. The second kappa shape index (κ2) is 4.33. The molecule has 0 aromatic carbocycles. The molecule has 0 atom stereocenters. The fraction of sp³-hybridized carbons (Fsp3) is 0.545. The SMILES string of the molecule is Cc1cc(C(=O)NOC(C)(C)C)c(C)s1. The monoisotopic (exact) mass is 227 g/mol. The van der Waals surface area contributed by atoms with Gasteiger partial charge < -0.3 is 0 Å². The first-order valence-electron chi connectivity index (χ1n) is 4.85. The first-order valence-corrected chi connectivity index (χ1v) is 5.66. The van der Waals surface area contributed by atoms with Gasteiger partial charge >= 0.3 is 0 Å². The number of rotatable bonds is 2. The number of hydroxylamine groups is 1. The molecule has 4 heteroatoms. The Labute approximate surface area is 94.4 Å². The normalized spacial score (nSPS) is 11.5. The second-order valence-electron chi connectivity index (χ2n) is 4.47. The minimum absolute atomic E-state index is 0.174. The summed E-state index contributed by atoms with van der Waals surface area (Å²) in [6, 6.07) is 1.88. The molecule has 1 rings (SSSR count). The number of thiophene rings is 1. The Bertz CT molecular complexity index is 363. The Hall–Kier alpha value is -0.870. The second-order valence-corrected chi connectivity index (χ2v) is 5.93. The Morgan fingerprint density at radius 3 is 2.40 bits per heavy atom. The van der Waals surface area contributed by atoms with Crippen LogP contribution in [0.5, 0.6) is 0 Å². The van der Waals surface area contributed by atoms with Crippen LogP contribution in [0.15, 0.2) is 6.07 Å². The van der Waals surface area contributed by atoms with E-state index in [1.54, 1.807) is 11.3 Å². The fourth-order valence-electron chi connectivity index (χ4n) is 1.11. The number of carbonyl (C=O) groups is 1. The highest BCUT2D eigenvalue weighted by Crippen LogP contribution is 2.20. The Morgan fingerprint density at radius 1 is 1.40 bits per heavy atom. The zero-order valence-corrected chi connectivity index (χ0v) is 10.6. The van der Waals surface area contributed by atoms with Crippen LogP contribution in [0.1, 0.15) is 40.9 Å². The Balaban J connectivity index is 2.66. The van der Waals surface area contributed by atoms with Crippen molar-refractivity contribution in [3.63, 3.8) is 0 Å². The molecule has 84 valence electrons. The minimum Gasteiger partial charge on any atom is -0.268 e. The summed E-state index contributed by atoms with van der Waals surface area (Å²) >= 11 is 1.61. The van der Waals surface area contributed by atoms with Crippen molar-refractivity contribution in [3.8, 4) is 0 Å². The van der Waals surface area contributed by atoms with Crippen LogP contribution in [0.3, 0.4) is 0 Å². The van der Waals surface area contributed by atoms with Crippen molar-refractivity contribution in [1.82, 2.24) is 5.48 Å². The van der Waals surface area contributed by atoms with Crippen molar-refractivity contribution in [2.24, 2.45) is 0 Å². The maximum absolute atomic E-state index is 11.7. The van der Waals surface area contributed by atoms with Crippen LogP contribution >= 0.6 is 11.3 Å². The van der Waals surface area contributed by atoms with Gasteiger partial charge in [-0.3, -0.25) is 9.63 Å². The number of carbonyl (C=O) groups excluding carboxylic acids is 1. The molecule has 0 fully saturated rings. The quantitative estimate of drug-likeness (QED) is 0.789. The van der Waals surface area contributed by atoms with E-state index < -0.39 is 0 Å². The number of nitrogens with one attached hydrogen (secondary N) is 1. The molecule has 0 unspecified atom stereocenters. The van der Waals surface area contributed by atoms with Crippen LogP contribution in [0.4, 0.5) is 0 Å². The van der Waals surface area contributed by atoms with Crippen LogP contribution in [-0.2, 0) is 4.84 Å². The largest absolute Gasteiger partial charge is 0.275 e. The van der Waals surface area contributed by atoms with Gasteiger partial charge in [0, 0.05) is 9.75 Å². The molecule has 3 nitrogen and oxygen atoms in total. The van der Waals surface area contributed by atoms with Crippen LogP contribution in [0.25, 0.3) is 0 Å². The van der Waals surface area contributed by atoms with Crippen LogP contribution < -0.4 is 5.48 Å². The molecule has 0 saturated heterocycles. The average molecular weight is 227 g/mol. The van der Waals surface area contributed by atoms with E-state index in [-0.39, 0.29) is 11.5 Å². The van der Waals surface area contributed by atoms with E-state index in [1.807, 2.05) is 40.7 Å². The van der Waals surface area contributed by atoms with Crippen molar-refractivity contribution < 1.29 is 9.63 Å². The van der Waals surface area contributed by atoms with Gasteiger partial charge in [0.1, 0.15) is 0 Å². The number of amides is 1. The lowest BCUT2D eigenvalue weighted by Gasteiger charge is -2.18. The highest BCUT2D eigenvalue weighted by atomic mass is 32.1. The van der Waals surface area contributed by atoms with E-state index in [0.717, 1.165) is 9.75 Å². The number of hydrogen-bond acceptors (Lipinski definition) is 3. The summed E-state index contributed by atoms with van der Waals surface area (Å²) in [5, 5.41) is 0. The van der Waals surface area contributed by atoms with Gasteiger partial charge in [-0.1, -0.05) is 0 Å². The Kier molecular flexibility index (Phi) is 3.52. The van der Waals surface area contributed by atoms with E-state index in [4.69, 9.17) is 4.84 Å². The minimum atomic E-state index is -0.366.